The predicted octanol–water partition coefficient (Wildman–Crippen LogP) is 7.02. The quantitative estimate of drug-likeness (QED) is 0.138. The molecule has 0 radical (unpaired) electrons. The highest BCUT2D eigenvalue weighted by molar-refractivity contribution is 5.99. The Balaban J connectivity index is 1.07. The lowest BCUT2D eigenvalue weighted by Crippen LogP contribution is -2.43. The van der Waals surface area contributed by atoms with Gasteiger partial charge in [0.1, 0.15) is 17.9 Å². The Kier molecular flexibility index (Phi) is 11.4. The number of aryl methyl sites for hydroxylation is 1. The largest absolute Gasteiger partial charge is 0.338 e. The van der Waals surface area contributed by atoms with Gasteiger partial charge in [0, 0.05) is 42.9 Å². The molecular formula is C41H46N6O4. The number of hydrogen-bond donors (Lipinski definition) is 3. The number of imidazole rings is 1. The van der Waals surface area contributed by atoms with E-state index in [2.05, 4.69) is 15.6 Å². The van der Waals surface area contributed by atoms with Crippen LogP contribution < -0.4 is 10.6 Å². The molecule has 4 aromatic rings. The van der Waals surface area contributed by atoms with Crippen LogP contribution in [0.25, 0.3) is 22.4 Å². The van der Waals surface area contributed by atoms with Crippen LogP contribution in [-0.2, 0) is 25.6 Å². The number of hydrogen-bond acceptors (Lipinski definition) is 5. The molecule has 0 unspecified atom stereocenters. The molecule has 4 amide bonds. The predicted molar refractivity (Wildman–Crippen MR) is 201 cm³/mol. The van der Waals surface area contributed by atoms with Crippen molar-refractivity contribution >= 4 is 46.0 Å². The minimum absolute atomic E-state index is 0.00326. The van der Waals surface area contributed by atoms with Gasteiger partial charge < -0.3 is 25.4 Å². The van der Waals surface area contributed by atoms with Crippen LogP contribution in [0.15, 0.2) is 96.6 Å². The van der Waals surface area contributed by atoms with Crippen LogP contribution in [0.5, 0.6) is 0 Å². The molecule has 0 saturated carbocycles. The number of nitrogens with zero attached hydrogens (tertiary/aromatic N) is 3. The van der Waals surface area contributed by atoms with Crippen LogP contribution in [-0.4, -0.2) is 68.6 Å². The standard InChI is InChI=1S/C41H46N6O4/c1-3-11-28(4-2)18-22-37(48)46-24-10-17-36(46)41(51)43-32-20-21-33-34(27-32)45-39(44-33)30-14-8-15-31(26-30)42-40(50)35-16-9-25-47(35)38(49)23-19-29-12-6-5-7-13-29/h3-8,11-15,20-21,26-27,35-36H,9-10,16-19,22-25H2,1-2H3,(H,42,50)(H,43,51)(H,44,45)/b11-3-,28-4+/t35-,36-/m0/s1. The fraction of sp³-hybridized carbons (Fsp3) is 0.341. The highest BCUT2D eigenvalue weighted by Crippen LogP contribution is 2.27. The number of nitrogens with one attached hydrogen (secondary N) is 3. The minimum atomic E-state index is -0.500. The van der Waals surface area contributed by atoms with E-state index in [0.29, 0.717) is 68.8 Å². The van der Waals surface area contributed by atoms with Crippen molar-refractivity contribution in [1.82, 2.24) is 19.8 Å². The fourth-order valence-corrected chi connectivity index (χ4v) is 7.07. The second-order valence-corrected chi connectivity index (χ2v) is 13.2. The van der Waals surface area contributed by atoms with Crippen molar-refractivity contribution < 1.29 is 19.2 Å². The third kappa shape index (κ3) is 8.63. The topological polar surface area (TPSA) is 128 Å². The molecule has 10 heteroatoms. The van der Waals surface area contributed by atoms with Crippen molar-refractivity contribution in [2.45, 2.75) is 77.3 Å². The number of allylic oxidation sites excluding steroid dienone is 4. The van der Waals surface area contributed by atoms with Crippen molar-refractivity contribution in [2.24, 2.45) is 0 Å². The average molecular weight is 687 g/mol. The Morgan fingerprint density at radius 3 is 2.12 bits per heavy atom. The Morgan fingerprint density at radius 1 is 0.784 bits per heavy atom. The molecular weight excluding hydrogens is 640 g/mol. The van der Waals surface area contributed by atoms with Crippen molar-refractivity contribution in [3.63, 3.8) is 0 Å². The second kappa shape index (κ2) is 16.5. The van der Waals surface area contributed by atoms with Gasteiger partial charge >= 0.3 is 0 Å². The van der Waals surface area contributed by atoms with E-state index in [1.807, 2.05) is 105 Å². The van der Waals surface area contributed by atoms with Crippen molar-refractivity contribution in [3.8, 4) is 11.4 Å². The molecule has 6 rings (SSSR count). The third-order valence-electron chi connectivity index (χ3n) is 9.75. The number of carbonyl (C=O) groups excluding carboxylic acids is 4. The lowest BCUT2D eigenvalue weighted by Gasteiger charge is -2.24. The Labute approximate surface area is 299 Å². The van der Waals surface area contributed by atoms with E-state index in [1.165, 1.54) is 0 Å². The molecule has 0 bridgehead atoms. The van der Waals surface area contributed by atoms with E-state index in [9.17, 15) is 19.2 Å². The molecule has 264 valence electrons. The van der Waals surface area contributed by atoms with Gasteiger partial charge in [-0.05, 0) is 88.3 Å². The van der Waals surface area contributed by atoms with Gasteiger partial charge in [0.05, 0.1) is 11.0 Å². The summed E-state index contributed by atoms with van der Waals surface area (Å²) in [5.41, 5.74) is 5.71. The van der Waals surface area contributed by atoms with Crippen LogP contribution in [0.4, 0.5) is 11.4 Å². The van der Waals surface area contributed by atoms with Gasteiger partial charge in [0.2, 0.25) is 23.6 Å². The zero-order chi connectivity index (χ0) is 35.7. The van der Waals surface area contributed by atoms with E-state index in [-0.39, 0.29) is 23.6 Å². The van der Waals surface area contributed by atoms with Gasteiger partial charge in [-0.2, -0.15) is 0 Å². The highest BCUT2D eigenvalue weighted by Gasteiger charge is 2.35. The molecule has 2 fully saturated rings. The van der Waals surface area contributed by atoms with E-state index in [0.717, 1.165) is 40.6 Å². The zero-order valence-electron chi connectivity index (χ0n) is 29.4. The van der Waals surface area contributed by atoms with Gasteiger partial charge in [-0.25, -0.2) is 4.98 Å². The van der Waals surface area contributed by atoms with Gasteiger partial charge in [-0.1, -0.05) is 66.3 Å². The molecule has 3 heterocycles. The van der Waals surface area contributed by atoms with Crippen molar-refractivity contribution in [3.05, 3.63) is 102 Å². The van der Waals surface area contributed by atoms with Crippen LogP contribution in [0.3, 0.4) is 0 Å². The summed E-state index contributed by atoms with van der Waals surface area (Å²) >= 11 is 0. The molecule has 2 atom stereocenters. The SMILES string of the molecule is C/C=C\C(=C/C)CCC(=O)N1CCC[C@H]1C(=O)Nc1ccc2nc(-c3cccc(NC(=O)[C@@H]4CCCN4C(=O)CCc4ccccc4)c3)[nH]c2c1. The van der Waals surface area contributed by atoms with Gasteiger partial charge in [-0.15, -0.1) is 0 Å². The van der Waals surface area contributed by atoms with Crippen LogP contribution >= 0.6 is 0 Å². The summed E-state index contributed by atoms with van der Waals surface area (Å²) in [6.45, 7) is 5.09. The van der Waals surface area contributed by atoms with Crippen molar-refractivity contribution in [1.29, 1.82) is 0 Å². The Bertz CT molecular complexity index is 1950. The molecule has 2 aliphatic heterocycles. The number of H-pyrrole nitrogens is 1. The third-order valence-corrected chi connectivity index (χ3v) is 9.75. The van der Waals surface area contributed by atoms with Crippen LogP contribution in [0, 0.1) is 0 Å². The van der Waals surface area contributed by atoms with Crippen LogP contribution in [0.2, 0.25) is 0 Å². The number of carbonyl (C=O) groups is 4. The summed E-state index contributed by atoms with van der Waals surface area (Å²) in [7, 11) is 0. The summed E-state index contributed by atoms with van der Waals surface area (Å²) in [6.07, 6.45) is 10.9. The second-order valence-electron chi connectivity index (χ2n) is 13.2. The lowest BCUT2D eigenvalue weighted by atomic mass is 10.1. The number of rotatable bonds is 12. The first-order chi connectivity index (χ1) is 24.8. The molecule has 3 N–H and O–H groups in total. The zero-order valence-corrected chi connectivity index (χ0v) is 29.4. The Hall–Kier alpha value is -5.51. The number of likely N-dealkylation sites (tertiary alicyclic amines) is 2. The Morgan fingerprint density at radius 2 is 1.45 bits per heavy atom. The summed E-state index contributed by atoms with van der Waals surface area (Å²) < 4.78 is 0. The smallest absolute Gasteiger partial charge is 0.247 e. The highest BCUT2D eigenvalue weighted by atomic mass is 16.2. The molecule has 0 aliphatic carbocycles. The van der Waals surface area contributed by atoms with Gasteiger partial charge in [0.25, 0.3) is 0 Å². The number of benzene rings is 3. The van der Waals surface area contributed by atoms with E-state index in [1.54, 1.807) is 9.80 Å². The lowest BCUT2D eigenvalue weighted by molar-refractivity contribution is -0.136. The molecule has 3 aromatic carbocycles. The van der Waals surface area contributed by atoms with E-state index >= 15 is 0 Å². The number of amides is 4. The van der Waals surface area contributed by atoms with E-state index in [4.69, 9.17) is 4.98 Å². The molecule has 51 heavy (non-hydrogen) atoms. The maximum absolute atomic E-state index is 13.4. The maximum atomic E-state index is 13.4. The maximum Gasteiger partial charge on any atom is 0.247 e. The summed E-state index contributed by atoms with van der Waals surface area (Å²) in [5.74, 6) is 0.227. The van der Waals surface area contributed by atoms with Crippen LogP contribution in [0.1, 0.15) is 64.4 Å². The van der Waals surface area contributed by atoms with E-state index < -0.39 is 12.1 Å². The monoisotopic (exact) mass is 686 g/mol. The first-order valence-corrected chi connectivity index (χ1v) is 18.0. The molecule has 2 saturated heterocycles. The number of aromatic amines is 1. The number of anilines is 2. The van der Waals surface area contributed by atoms with Crippen molar-refractivity contribution in [2.75, 3.05) is 23.7 Å². The number of aromatic nitrogens is 2. The van der Waals surface area contributed by atoms with Gasteiger partial charge in [0.15, 0.2) is 0 Å². The minimum Gasteiger partial charge on any atom is -0.338 e. The first-order valence-electron chi connectivity index (χ1n) is 18.0. The molecule has 2 aliphatic rings. The fourth-order valence-electron chi connectivity index (χ4n) is 7.07. The normalized spacial score (nSPS) is 17.7. The molecule has 1 aromatic heterocycles. The summed E-state index contributed by atoms with van der Waals surface area (Å²) in [4.78, 5) is 64.4. The summed E-state index contributed by atoms with van der Waals surface area (Å²) in [6, 6.07) is 21.9. The molecule has 0 spiro atoms. The molecule has 10 nitrogen and oxygen atoms in total. The number of fused-ring (bicyclic) bond motifs is 1. The first kappa shape index (κ1) is 35.3. The summed E-state index contributed by atoms with van der Waals surface area (Å²) in [5, 5.41) is 6.03. The average Bonchev–Trinajstić information content (AvgIpc) is 3.93. The van der Waals surface area contributed by atoms with Gasteiger partial charge in [-0.3, -0.25) is 19.2 Å².